The van der Waals surface area contributed by atoms with E-state index < -0.39 is 11.2 Å². The number of carbonyl (C=O) groups is 2. The molecule has 0 aliphatic rings. The van der Waals surface area contributed by atoms with Crippen LogP contribution in [0.5, 0.6) is 0 Å². The third-order valence-electron chi connectivity index (χ3n) is 3.32. The number of hydrogen-bond acceptors (Lipinski definition) is 3. The molecule has 0 fully saturated rings. The van der Waals surface area contributed by atoms with Gasteiger partial charge < -0.3 is 5.11 Å². The maximum Gasteiger partial charge on any atom is 0.321 e. The maximum absolute atomic E-state index is 11.7. The molecule has 2 rings (SSSR count). The van der Waals surface area contributed by atoms with Gasteiger partial charge in [0.2, 0.25) is 0 Å². The molecule has 5 heteroatoms. The van der Waals surface area contributed by atoms with Crippen LogP contribution in [0, 0.1) is 0 Å². The van der Waals surface area contributed by atoms with Gasteiger partial charge in [-0.1, -0.05) is 66.7 Å². The molecule has 0 radical (unpaired) electrons. The van der Waals surface area contributed by atoms with Gasteiger partial charge in [-0.25, -0.2) is 0 Å². The van der Waals surface area contributed by atoms with Crippen LogP contribution < -0.4 is 0 Å². The molecular formula is C18H17ClO3S. The molecule has 1 atom stereocenters. The average Bonchev–Trinajstić information content (AvgIpc) is 2.54. The Bertz CT molecular complexity index is 680. The zero-order valence-electron chi connectivity index (χ0n) is 12.7. The van der Waals surface area contributed by atoms with Crippen molar-refractivity contribution in [2.45, 2.75) is 25.0 Å². The fourth-order valence-corrected chi connectivity index (χ4v) is 3.25. The first kappa shape index (κ1) is 17.6. The van der Waals surface area contributed by atoms with Crippen LogP contribution in [0.1, 0.15) is 30.6 Å². The Labute approximate surface area is 144 Å². The Hall–Kier alpha value is -1.78. The van der Waals surface area contributed by atoms with E-state index in [4.69, 9.17) is 11.6 Å². The number of carbonyl (C=O) groups excluding carboxylic acids is 1. The molecule has 2 aromatic carbocycles. The van der Waals surface area contributed by atoms with Gasteiger partial charge >= 0.3 is 5.97 Å². The number of carboxylic acids is 1. The van der Waals surface area contributed by atoms with Crippen molar-refractivity contribution in [3.63, 3.8) is 0 Å². The second-order valence-corrected chi connectivity index (χ2v) is 6.69. The summed E-state index contributed by atoms with van der Waals surface area (Å²) < 4.78 is 0. The van der Waals surface area contributed by atoms with Crippen molar-refractivity contribution in [1.29, 1.82) is 0 Å². The summed E-state index contributed by atoms with van der Waals surface area (Å²) in [5.74, 6) is -1.00. The van der Waals surface area contributed by atoms with E-state index in [0.717, 1.165) is 22.9 Å². The number of rotatable bonds is 6. The molecule has 0 saturated heterocycles. The van der Waals surface area contributed by atoms with Crippen molar-refractivity contribution in [1.82, 2.24) is 0 Å². The second-order valence-electron chi connectivity index (χ2n) is 5.09. The average molecular weight is 349 g/mol. The highest BCUT2D eigenvalue weighted by atomic mass is 35.5. The molecule has 0 aromatic heterocycles. The minimum Gasteiger partial charge on any atom is -0.480 e. The molecule has 0 heterocycles. The van der Waals surface area contributed by atoms with Gasteiger partial charge in [-0.15, -0.1) is 0 Å². The van der Waals surface area contributed by atoms with E-state index in [2.05, 4.69) is 0 Å². The normalized spacial score (nSPS) is 11.9. The molecule has 3 nitrogen and oxygen atoms in total. The fraction of sp³-hybridized carbons (Fsp3) is 0.222. The number of benzene rings is 2. The van der Waals surface area contributed by atoms with Crippen molar-refractivity contribution in [3.8, 4) is 11.1 Å². The smallest absolute Gasteiger partial charge is 0.321 e. The van der Waals surface area contributed by atoms with E-state index in [1.165, 1.54) is 0 Å². The topological polar surface area (TPSA) is 54.4 Å². The van der Waals surface area contributed by atoms with Gasteiger partial charge in [0.15, 0.2) is 5.12 Å². The zero-order chi connectivity index (χ0) is 16.8. The second kappa shape index (κ2) is 8.18. The lowest BCUT2D eigenvalue weighted by atomic mass is 10.0. The van der Waals surface area contributed by atoms with E-state index in [9.17, 15) is 14.7 Å². The lowest BCUT2D eigenvalue weighted by Crippen LogP contribution is -2.10. The zero-order valence-corrected chi connectivity index (χ0v) is 14.2. The maximum atomic E-state index is 11.7. The van der Waals surface area contributed by atoms with Gasteiger partial charge in [0.25, 0.3) is 0 Å². The lowest BCUT2D eigenvalue weighted by molar-refractivity contribution is -0.136. The van der Waals surface area contributed by atoms with Crippen LogP contribution in [0.4, 0.5) is 0 Å². The Balaban J connectivity index is 2.20. The molecule has 0 saturated carbocycles. The minimum atomic E-state index is -1.00. The molecule has 0 amide bonds. The van der Waals surface area contributed by atoms with Crippen molar-refractivity contribution in [2.75, 3.05) is 0 Å². The Morgan fingerprint density at radius 2 is 1.57 bits per heavy atom. The molecule has 0 spiro atoms. The van der Waals surface area contributed by atoms with E-state index in [1.807, 2.05) is 43.3 Å². The van der Waals surface area contributed by atoms with Crippen molar-refractivity contribution in [2.24, 2.45) is 0 Å². The Morgan fingerprint density at radius 3 is 2.04 bits per heavy atom. The first-order valence-corrected chi connectivity index (χ1v) is 8.55. The van der Waals surface area contributed by atoms with Gasteiger partial charge in [0, 0.05) is 11.4 Å². The summed E-state index contributed by atoms with van der Waals surface area (Å²) in [5.41, 5.74) is 2.59. The van der Waals surface area contributed by atoms with E-state index in [-0.39, 0.29) is 5.12 Å². The SMILES string of the molecule is CCCC(=O)SC(C(=O)O)c1ccc(-c2ccc(Cl)cc2)cc1. The minimum absolute atomic E-state index is 0.0957. The summed E-state index contributed by atoms with van der Waals surface area (Å²) in [6.07, 6.45) is 1.10. The van der Waals surface area contributed by atoms with Crippen LogP contribution in [0.15, 0.2) is 48.5 Å². The summed E-state index contributed by atoms with van der Waals surface area (Å²) in [6.45, 7) is 1.90. The van der Waals surface area contributed by atoms with Crippen LogP contribution in [-0.4, -0.2) is 16.2 Å². The quantitative estimate of drug-likeness (QED) is 0.780. The number of carboxylic acid groups (broad SMARTS) is 1. The molecule has 2 aromatic rings. The van der Waals surface area contributed by atoms with Crippen molar-refractivity contribution in [3.05, 3.63) is 59.1 Å². The highest BCUT2D eigenvalue weighted by Gasteiger charge is 2.23. The molecule has 1 N–H and O–H groups in total. The molecule has 23 heavy (non-hydrogen) atoms. The summed E-state index contributed by atoms with van der Waals surface area (Å²) in [6, 6.07) is 14.7. The number of aliphatic carboxylic acids is 1. The highest BCUT2D eigenvalue weighted by molar-refractivity contribution is 8.14. The Morgan fingerprint density at radius 1 is 1.04 bits per heavy atom. The molecule has 0 bridgehead atoms. The summed E-state index contributed by atoms with van der Waals surface area (Å²) in [7, 11) is 0. The van der Waals surface area contributed by atoms with E-state index in [1.54, 1.807) is 12.1 Å². The molecule has 120 valence electrons. The Kier molecular flexibility index (Phi) is 6.25. The van der Waals surface area contributed by atoms with Crippen LogP contribution in [0.2, 0.25) is 5.02 Å². The predicted molar refractivity (Wildman–Crippen MR) is 94.8 cm³/mol. The van der Waals surface area contributed by atoms with Gasteiger partial charge in [-0.2, -0.15) is 0 Å². The first-order chi connectivity index (χ1) is 11.0. The summed E-state index contributed by atoms with van der Waals surface area (Å²) in [5, 5.41) is 9.08. The van der Waals surface area contributed by atoms with E-state index >= 15 is 0 Å². The first-order valence-electron chi connectivity index (χ1n) is 7.29. The predicted octanol–water partition coefficient (Wildman–Crippen LogP) is 5.19. The molecule has 1 unspecified atom stereocenters. The number of hydrogen-bond donors (Lipinski definition) is 1. The molecular weight excluding hydrogens is 332 g/mol. The molecule has 0 aliphatic carbocycles. The van der Waals surface area contributed by atoms with Gasteiger partial charge in [-0.05, 0) is 35.2 Å². The third kappa shape index (κ3) is 4.85. The summed E-state index contributed by atoms with van der Waals surface area (Å²) in [4.78, 5) is 23.2. The van der Waals surface area contributed by atoms with Crippen molar-refractivity contribution < 1.29 is 14.7 Å². The third-order valence-corrected chi connectivity index (χ3v) is 4.75. The van der Waals surface area contributed by atoms with Crippen molar-refractivity contribution >= 4 is 34.4 Å². The number of thioether (sulfide) groups is 1. The van der Waals surface area contributed by atoms with Gasteiger partial charge in [-0.3, -0.25) is 9.59 Å². The van der Waals surface area contributed by atoms with Crippen LogP contribution >= 0.6 is 23.4 Å². The van der Waals surface area contributed by atoms with Crippen LogP contribution in [-0.2, 0) is 9.59 Å². The van der Waals surface area contributed by atoms with E-state index in [0.29, 0.717) is 23.4 Å². The summed E-state index contributed by atoms with van der Waals surface area (Å²) >= 11 is 6.75. The monoisotopic (exact) mass is 348 g/mol. The van der Waals surface area contributed by atoms with Crippen LogP contribution in [0.25, 0.3) is 11.1 Å². The fourth-order valence-electron chi connectivity index (χ4n) is 2.15. The highest BCUT2D eigenvalue weighted by Crippen LogP contribution is 2.32. The lowest BCUT2D eigenvalue weighted by Gasteiger charge is -2.12. The van der Waals surface area contributed by atoms with Crippen LogP contribution in [0.3, 0.4) is 0 Å². The largest absolute Gasteiger partial charge is 0.480 e. The van der Waals surface area contributed by atoms with Gasteiger partial charge in [0.1, 0.15) is 5.25 Å². The van der Waals surface area contributed by atoms with Gasteiger partial charge in [0.05, 0.1) is 0 Å². The standard InChI is InChI=1S/C18H17ClO3S/c1-2-3-16(20)23-17(18(21)22)14-6-4-12(5-7-14)13-8-10-15(19)11-9-13/h4-11,17H,2-3H2,1H3,(H,21,22). The molecule has 0 aliphatic heterocycles. The number of halogens is 1.